The smallest absolute Gasteiger partial charge is 0.326 e. The minimum atomic E-state index is -1.09. The van der Waals surface area contributed by atoms with Gasteiger partial charge in [0.15, 0.2) is 0 Å². The topological polar surface area (TPSA) is 200 Å². The number of carbonyl (C=O) groups is 3. The van der Waals surface area contributed by atoms with Crippen LogP contribution in [-0.4, -0.2) is 61.2 Å². The molecule has 0 saturated carbocycles. The molecule has 0 radical (unpaired) electrons. The van der Waals surface area contributed by atoms with E-state index in [1.54, 1.807) is 0 Å². The third-order valence-corrected chi connectivity index (χ3v) is 4.21. The Morgan fingerprint density at radius 2 is 1.31 bits per heavy atom. The van der Waals surface area contributed by atoms with Crippen molar-refractivity contribution in [2.75, 3.05) is 19.6 Å². The molecule has 29 heavy (non-hydrogen) atoms. The van der Waals surface area contributed by atoms with Crippen molar-refractivity contribution in [2.45, 2.75) is 82.8 Å². The Morgan fingerprint density at radius 3 is 1.69 bits per heavy atom. The molecular formula is C19H42N6O4. The second-order valence-electron chi connectivity index (χ2n) is 7.07. The molecule has 0 aliphatic rings. The van der Waals surface area contributed by atoms with E-state index >= 15 is 0 Å². The molecule has 0 aromatic rings. The van der Waals surface area contributed by atoms with E-state index in [9.17, 15) is 14.4 Å². The second kappa shape index (κ2) is 21.0. The molecule has 0 saturated heterocycles. The number of carboxylic acids is 1. The molecule has 0 aliphatic carbocycles. The Bertz CT molecular complexity index is 424. The van der Waals surface area contributed by atoms with Crippen LogP contribution < -0.4 is 33.6 Å². The molecule has 0 aromatic carbocycles. The van der Waals surface area contributed by atoms with Gasteiger partial charge in [0.2, 0.25) is 12.3 Å². The molecule has 172 valence electrons. The molecule has 11 N–H and O–H groups in total. The summed E-state index contributed by atoms with van der Waals surface area (Å²) >= 11 is 0. The number of amides is 2. The molecule has 10 heteroatoms. The summed E-state index contributed by atoms with van der Waals surface area (Å²) in [6.07, 6.45) is 7.32. The fourth-order valence-electron chi connectivity index (χ4n) is 2.50. The molecule has 0 aromatic heterocycles. The van der Waals surface area contributed by atoms with Gasteiger partial charge in [-0.2, -0.15) is 0 Å². The van der Waals surface area contributed by atoms with Gasteiger partial charge in [0.05, 0.1) is 0 Å². The van der Waals surface area contributed by atoms with Crippen LogP contribution in [0, 0.1) is 0 Å². The molecule has 3 atom stereocenters. The van der Waals surface area contributed by atoms with Gasteiger partial charge in [-0.05, 0) is 77.9 Å². The lowest BCUT2D eigenvalue weighted by Crippen LogP contribution is -2.50. The number of rotatable bonds is 17. The van der Waals surface area contributed by atoms with Crippen LogP contribution in [0.3, 0.4) is 0 Å². The Kier molecular flexibility index (Phi) is 21.3. The van der Waals surface area contributed by atoms with Crippen molar-refractivity contribution in [1.29, 1.82) is 0 Å². The Balaban J connectivity index is 0. The first kappa shape index (κ1) is 29.5. The van der Waals surface area contributed by atoms with E-state index in [0.717, 1.165) is 25.8 Å². The summed E-state index contributed by atoms with van der Waals surface area (Å²) in [4.78, 5) is 33.7. The highest BCUT2D eigenvalue weighted by Gasteiger charge is 2.24. The fourth-order valence-corrected chi connectivity index (χ4v) is 2.50. The third kappa shape index (κ3) is 19.3. The summed E-state index contributed by atoms with van der Waals surface area (Å²) < 4.78 is 0. The normalized spacial score (nSPS) is 13.4. The average Bonchev–Trinajstić information content (AvgIpc) is 2.67. The number of hydrogen-bond donors (Lipinski definition) is 7. The molecule has 0 bridgehead atoms. The van der Waals surface area contributed by atoms with E-state index in [-0.39, 0.29) is 0 Å². The van der Waals surface area contributed by atoms with E-state index in [1.807, 2.05) is 6.92 Å². The van der Waals surface area contributed by atoms with Gasteiger partial charge in [-0.15, -0.1) is 0 Å². The zero-order valence-corrected chi connectivity index (χ0v) is 17.8. The summed E-state index contributed by atoms with van der Waals surface area (Å²) in [5.74, 6) is -1.58. The molecule has 0 fully saturated rings. The van der Waals surface area contributed by atoms with Crippen molar-refractivity contribution in [3.05, 3.63) is 0 Å². The van der Waals surface area contributed by atoms with Crippen LogP contribution in [0.2, 0.25) is 0 Å². The Hall–Kier alpha value is -1.75. The van der Waals surface area contributed by atoms with Crippen molar-refractivity contribution in [3.63, 3.8) is 0 Å². The van der Waals surface area contributed by atoms with Gasteiger partial charge in [-0.25, -0.2) is 4.79 Å². The summed E-state index contributed by atoms with van der Waals surface area (Å²) in [6, 6.07) is -1.35. The van der Waals surface area contributed by atoms with Gasteiger partial charge in [-0.1, -0.05) is 6.42 Å². The maximum Gasteiger partial charge on any atom is 0.326 e. The number of carboxylic acid groups (broad SMARTS) is 1. The van der Waals surface area contributed by atoms with Gasteiger partial charge in [0.25, 0.3) is 0 Å². The van der Waals surface area contributed by atoms with Crippen LogP contribution in [0.15, 0.2) is 0 Å². The molecule has 10 nitrogen and oxygen atoms in total. The van der Waals surface area contributed by atoms with E-state index in [1.165, 1.54) is 6.42 Å². The van der Waals surface area contributed by atoms with Crippen LogP contribution >= 0.6 is 0 Å². The third-order valence-electron chi connectivity index (χ3n) is 4.21. The molecule has 0 spiro atoms. The standard InChI is InChI=1S/C13H26N4O4.C6H16N2/c14-7-3-1-5-10(16-9-18)12(19)17-11(13(20)21)6-2-4-8-15;1-6(8)4-2-3-5-7/h9-11H,1-8,14-15H2,(H,16,18)(H,17,19)(H,20,21);6H,2-5,7-8H2,1H3. The van der Waals surface area contributed by atoms with E-state index in [4.69, 9.17) is 28.0 Å². The predicted molar refractivity (Wildman–Crippen MR) is 115 cm³/mol. The number of nitrogens with one attached hydrogen (secondary N) is 2. The van der Waals surface area contributed by atoms with Crippen molar-refractivity contribution >= 4 is 18.3 Å². The SMILES string of the molecule is CC(N)CCCCN.NCCCCC(NC(=O)C(CCCCN)NC=O)C(=O)O. The zero-order chi connectivity index (χ0) is 22.5. The quantitative estimate of drug-likeness (QED) is 0.120. The molecule has 0 rings (SSSR count). The monoisotopic (exact) mass is 418 g/mol. The van der Waals surface area contributed by atoms with E-state index in [2.05, 4.69) is 10.6 Å². The van der Waals surface area contributed by atoms with Gasteiger partial charge >= 0.3 is 5.97 Å². The number of nitrogens with two attached hydrogens (primary N) is 4. The largest absolute Gasteiger partial charge is 0.480 e. The lowest BCUT2D eigenvalue weighted by molar-refractivity contribution is -0.142. The summed E-state index contributed by atoms with van der Waals surface area (Å²) in [7, 11) is 0. The van der Waals surface area contributed by atoms with Crippen molar-refractivity contribution in [1.82, 2.24) is 10.6 Å². The predicted octanol–water partition coefficient (Wildman–Crippen LogP) is -0.609. The highest BCUT2D eigenvalue weighted by Crippen LogP contribution is 2.04. The van der Waals surface area contributed by atoms with Gasteiger partial charge < -0.3 is 38.7 Å². The van der Waals surface area contributed by atoms with Crippen molar-refractivity contribution < 1.29 is 19.5 Å². The minimum Gasteiger partial charge on any atom is -0.480 e. The van der Waals surface area contributed by atoms with Gasteiger partial charge in [0.1, 0.15) is 12.1 Å². The number of carbonyl (C=O) groups excluding carboxylic acids is 2. The first-order chi connectivity index (χ1) is 13.8. The van der Waals surface area contributed by atoms with Crippen LogP contribution in [0.5, 0.6) is 0 Å². The van der Waals surface area contributed by atoms with Gasteiger partial charge in [-0.3, -0.25) is 9.59 Å². The minimum absolute atomic E-state index is 0.314. The lowest BCUT2D eigenvalue weighted by Gasteiger charge is -2.20. The summed E-state index contributed by atoms with van der Waals surface area (Å²) in [6.45, 7) is 3.81. The first-order valence-electron chi connectivity index (χ1n) is 10.4. The zero-order valence-electron chi connectivity index (χ0n) is 17.8. The van der Waals surface area contributed by atoms with Crippen molar-refractivity contribution in [2.24, 2.45) is 22.9 Å². The number of aliphatic carboxylic acids is 1. The summed E-state index contributed by atoms with van der Waals surface area (Å²) in [5.41, 5.74) is 21.5. The molecular weight excluding hydrogens is 376 g/mol. The Labute approximate surface area is 174 Å². The molecule has 2 amide bonds. The van der Waals surface area contributed by atoms with E-state index < -0.39 is 24.0 Å². The maximum atomic E-state index is 12.0. The van der Waals surface area contributed by atoms with Gasteiger partial charge in [0, 0.05) is 6.04 Å². The Morgan fingerprint density at radius 1 is 0.862 bits per heavy atom. The number of unbranched alkanes of at least 4 members (excludes halogenated alkanes) is 3. The molecule has 0 heterocycles. The average molecular weight is 419 g/mol. The first-order valence-corrected chi connectivity index (χ1v) is 10.4. The van der Waals surface area contributed by atoms with Crippen LogP contribution in [-0.2, 0) is 14.4 Å². The highest BCUT2D eigenvalue weighted by molar-refractivity contribution is 5.88. The van der Waals surface area contributed by atoms with Crippen molar-refractivity contribution in [3.8, 4) is 0 Å². The number of hydrogen-bond acceptors (Lipinski definition) is 7. The molecule has 0 aliphatic heterocycles. The fraction of sp³-hybridized carbons (Fsp3) is 0.842. The summed E-state index contributed by atoms with van der Waals surface area (Å²) in [5, 5.41) is 14.0. The van der Waals surface area contributed by atoms with Crippen LogP contribution in [0.25, 0.3) is 0 Å². The second-order valence-corrected chi connectivity index (χ2v) is 7.07. The van der Waals surface area contributed by atoms with E-state index in [0.29, 0.717) is 57.6 Å². The van der Waals surface area contributed by atoms with Crippen LogP contribution in [0.4, 0.5) is 0 Å². The maximum absolute atomic E-state index is 12.0. The van der Waals surface area contributed by atoms with Crippen LogP contribution in [0.1, 0.15) is 64.7 Å². The lowest BCUT2D eigenvalue weighted by atomic mass is 10.1. The molecule has 3 unspecified atom stereocenters. The highest BCUT2D eigenvalue weighted by atomic mass is 16.4.